The number of anilines is 2. The molecule has 0 aliphatic rings. The highest BCUT2D eigenvalue weighted by Gasteiger charge is 2.16. The molecular formula is C12H24N4. The van der Waals surface area contributed by atoms with Crippen LogP contribution in [0.25, 0.3) is 0 Å². The highest BCUT2D eigenvalue weighted by molar-refractivity contribution is 5.65. The van der Waals surface area contributed by atoms with Crippen molar-refractivity contribution < 1.29 is 0 Å². The lowest BCUT2D eigenvalue weighted by Gasteiger charge is -2.23. The smallest absolute Gasteiger partial charge is 0.150 e. The SMILES string of the molecule is CCC(C)CN(C)c1c(N)c(C)nn1CC. The normalized spacial score (nSPS) is 12.8. The lowest BCUT2D eigenvalue weighted by Crippen LogP contribution is -2.26. The highest BCUT2D eigenvalue weighted by Crippen LogP contribution is 2.26. The van der Waals surface area contributed by atoms with E-state index < -0.39 is 0 Å². The third kappa shape index (κ3) is 2.49. The number of aryl methyl sites for hydroxylation is 2. The van der Waals surface area contributed by atoms with E-state index in [0.717, 1.165) is 30.3 Å². The van der Waals surface area contributed by atoms with Gasteiger partial charge in [0.15, 0.2) is 0 Å². The topological polar surface area (TPSA) is 47.1 Å². The lowest BCUT2D eigenvalue weighted by atomic mass is 10.1. The second-order valence-electron chi connectivity index (χ2n) is 4.53. The van der Waals surface area contributed by atoms with Crippen LogP contribution < -0.4 is 10.6 Å². The average Bonchev–Trinajstić information content (AvgIpc) is 2.54. The summed E-state index contributed by atoms with van der Waals surface area (Å²) in [7, 11) is 2.09. The van der Waals surface area contributed by atoms with Crippen LogP contribution in [0.1, 0.15) is 32.9 Å². The summed E-state index contributed by atoms with van der Waals surface area (Å²) in [5.74, 6) is 1.73. The number of rotatable bonds is 5. The van der Waals surface area contributed by atoms with Gasteiger partial charge in [0.25, 0.3) is 0 Å². The molecule has 0 aromatic carbocycles. The Kier molecular flexibility index (Phi) is 4.21. The molecule has 1 unspecified atom stereocenters. The Bertz CT molecular complexity index is 343. The minimum absolute atomic E-state index is 0.671. The van der Waals surface area contributed by atoms with Crippen molar-refractivity contribution in [3.05, 3.63) is 5.69 Å². The fourth-order valence-electron chi connectivity index (χ4n) is 1.89. The van der Waals surface area contributed by atoms with E-state index in [1.807, 2.05) is 11.6 Å². The van der Waals surface area contributed by atoms with E-state index in [-0.39, 0.29) is 0 Å². The molecule has 1 rings (SSSR count). The molecule has 0 aliphatic heterocycles. The molecule has 0 fully saturated rings. The van der Waals surface area contributed by atoms with Crippen molar-refractivity contribution in [3.8, 4) is 0 Å². The van der Waals surface area contributed by atoms with E-state index in [1.54, 1.807) is 0 Å². The van der Waals surface area contributed by atoms with Crippen molar-refractivity contribution in [3.63, 3.8) is 0 Å². The van der Waals surface area contributed by atoms with Gasteiger partial charge in [-0.15, -0.1) is 0 Å². The van der Waals surface area contributed by atoms with Gasteiger partial charge in [0, 0.05) is 20.1 Å². The first-order valence-corrected chi connectivity index (χ1v) is 6.05. The van der Waals surface area contributed by atoms with Crippen LogP contribution in [0.5, 0.6) is 0 Å². The summed E-state index contributed by atoms with van der Waals surface area (Å²) >= 11 is 0. The van der Waals surface area contributed by atoms with Crippen molar-refractivity contribution in [1.29, 1.82) is 0 Å². The predicted octanol–water partition coefficient (Wildman–Crippen LogP) is 2.28. The summed E-state index contributed by atoms with van der Waals surface area (Å²) in [6.45, 7) is 10.4. The van der Waals surface area contributed by atoms with Gasteiger partial charge in [-0.1, -0.05) is 20.3 Å². The van der Waals surface area contributed by atoms with Crippen molar-refractivity contribution >= 4 is 11.5 Å². The van der Waals surface area contributed by atoms with E-state index in [4.69, 9.17) is 5.73 Å². The number of aromatic nitrogens is 2. The van der Waals surface area contributed by atoms with Crippen molar-refractivity contribution in [2.24, 2.45) is 5.92 Å². The summed E-state index contributed by atoms with van der Waals surface area (Å²) in [6, 6.07) is 0. The predicted molar refractivity (Wildman–Crippen MR) is 69.8 cm³/mol. The summed E-state index contributed by atoms with van der Waals surface area (Å²) in [5.41, 5.74) is 7.81. The average molecular weight is 224 g/mol. The zero-order valence-electron chi connectivity index (χ0n) is 11.1. The van der Waals surface area contributed by atoms with Crippen LogP contribution in [0, 0.1) is 12.8 Å². The molecule has 16 heavy (non-hydrogen) atoms. The van der Waals surface area contributed by atoms with Crippen molar-refractivity contribution in [2.75, 3.05) is 24.2 Å². The van der Waals surface area contributed by atoms with E-state index in [2.05, 4.69) is 37.8 Å². The summed E-state index contributed by atoms with van der Waals surface area (Å²) in [6.07, 6.45) is 1.18. The Morgan fingerprint density at radius 3 is 2.56 bits per heavy atom. The molecule has 4 nitrogen and oxygen atoms in total. The Morgan fingerprint density at radius 2 is 2.06 bits per heavy atom. The van der Waals surface area contributed by atoms with E-state index in [9.17, 15) is 0 Å². The number of hydrogen-bond acceptors (Lipinski definition) is 3. The Morgan fingerprint density at radius 1 is 1.44 bits per heavy atom. The van der Waals surface area contributed by atoms with E-state index in [0.29, 0.717) is 5.92 Å². The monoisotopic (exact) mass is 224 g/mol. The minimum Gasteiger partial charge on any atom is -0.394 e. The Balaban J connectivity index is 2.93. The zero-order chi connectivity index (χ0) is 12.3. The lowest BCUT2D eigenvalue weighted by molar-refractivity contribution is 0.546. The molecule has 1 atom stereocenters. The third-order valence-electron chi connectivity index (χ3n) is 3.09. The van der Waals surface area contributed by atoms with Gasteiger partial charge in [-0.3, -0.25) is 0 Å². The van der Waals surface area contributed by atoms with Gasteiger partial charge in [0.2, 0.25) is 0 Å². The number of nitrogens with zero attached hydrogens (tertiary/aromatic N) is 3. The molecular weight excluding hydrogens is 200 g/mol. The molecule has 4 heteroatoms. The second-order valence-corrected chi connectivity index (χ2v) is 4.53. The van der Waals surface area contributed by atoms with Gasteiger partial charge in [0.1, 0.15) is 5.82 Å². The molecule has 0 spiro atoms. The molecule has 2 N–H and O–H groups in total. The Hall–Kier alpha value is -1.19. The van der Waals surface area contributed by atoms with Gasteiger partial charge < -0.3 is 10.6 Å². The highest BCUT2D eigenvalue weighted by atomic mass is 15.4. The number of nitrogen functional groups attached to an aromatic ring is 1. The van der Waals surface area contributed by atoms with Crippen molar-refractivity contribution in [1.82, 2.24) is 9.78 Å². The zero-order valence-corrected chi connectivity index (χ0v) is 11.1. The van der Waals surface area contributed by atoms with Gasteiger partial charge in [-0.2, -0.15) is 5.10 Å². The third-order valence-corrected chi connectivity index (χ3v) is 3.09. The molecule has 1 aromatic heterocycles. The molecule has 0 radical (unpaired) electrons. The second kappa shape index (κ2) is 5.23. The standard InChI is InChI=1S/C12H24N4/c1-6-9(3)8-15(5)12-11(13)10(4)14-16(12)7-2/h9H,6-8,13H2,1-5H3. The molecule has 1 heterocycles. The fraction of sp³-hybridized carbons (Fsp3) is 0.750. The maximum Gasteiger partial charge on any atom is 0.150 e. The van der Waals surface area contributed by atoms with Crippen molar-refractivity contribution in [2.45, 2.75) is 40.7 Å². The summed E-state index contributed by atoms with van der Waals surface area (Å²) < 4.78 is 1.98. The van der Waals surface area contributed by atoms with Crippen LogP contribution in [0.15, 0.2) is 0 Å². The first-order chi connectivity index (χ1) is 7.51. The van der Waals surface area contributed by atoms with Gasteiger partial charge in [-0.05, 0) is 19.8 Å². The maximum absolute atomic E-state index is 6.07. The van der Waals surface area contributed by atoms with E-state index >= 15 is 0 Å². The van der Waals surface area contributed by atoms with Gasteiger partial charge in [0.05, 0.1) is 11.4 Å². The van der Waals surface area contributed by atoms with Crippen LogP contribution in [0.4, 0.5) is 11.5 Å². The molecule has 1 aromatic rings. The maximum atomic E-state index is 6.07. The van der Waals surface area contributed by atoms with Crippen LogP contribution in [-0.2, 0) is 6.54 Å². The first kappa shape index (κ1) is 12.9. The van der Waals surface area contributed by atoms with E-state index in [1.165, 1.54) is 6.42 Å². The van der Waals surface area contributed by atoms with Crippen LogP contribution in [-0.4, -0.2) is 23.4 Å². The molecule has 0 amide bonds. The van der Waals surface area contributed by atoms with Crippen LogP contribution >= 0.6 is 0 Å². The molecule has 92 valence electrons. The largest absolute Gasteiger partial charge is 0.394 e. The quantitative estimate of drug-likeness (QED) is 0.834. The van der Waals surface area contributed by atoms with Crippen LogP contribution in [0.3, 0.4) is 0 Å². The van der Waals surface area contributed by atoms with Gasteiger partial charge >= 0.3 is 0 Å². The fourth-order valence-corrected chi connectivity index (χ4v) is 1.89. The first-order valence-electron chi connectivity index (χ1n) is 6.05. The molecule has 0 saturated heterocycles. The summed E-state index contributed by atoms with van der Waals surface area (Å²) in [4.78, 5) is 2.22. The molecule has 0 saturated carbocycles. The Labute approximate surface area is 98.4 Å². The molecule has 0 aliphatic carbocycles. The number of nitrogens with two attached hydrogens (primary N) is 1. The number of hydrogen-bond donors (Lipinski definition) is 1. The van der Waals surface area contributed by atoms with Crippen LogP contribution in [0.2, 0.25) is 0 Å². The minimum atomic E-state index is 0.671. The molecule has 0 bridgehead atoms. The van der Waals surface area contributed by atoms with Gasteiger partial charge in [-0.25, -0.2) is 4.68 Å². The summed E-state index contributed by atoms with van der Waals surface area (Å²) in [5, 5.41) is 4.43.